The summed E-state index contributed by atoms with van der Waals surface area (Å²) < 4.78 is 3.11. The largest absolute Gasteiger partial charge is 0.390 e. The second kappa shape index (κ2) is 4.79. The Morgan fingerprint density at radius 2 is 2.32 bits per heavy atom. The summed E-state index contributed by atoms with van der Waals surface area (Å²) in [5.74, 6) is 0. The third-order valence-corrected chi connectivity index (χ3v) is 3.35. The summed E-state index contributed by atoms with van der Waals surface area (Å²) in [6, 6.07) is 2.32. The molecule has 6 heteroatoms. The van der Waals surface area contributed by atoms with Crippen LogP contribution >= 0.6 is 0 Å². The molecule has 2 heterocycles. The van der Waals surface area contributed by atoms with Gasteiger partial charge in [-0.1, -0.05) is 0 Å². The molecule has 2 aromatic rings. The molecule has 1 saturated carbocycles. The molecule has 102 valence electrons. The van der Waals surface area contributed by atoms with Crippen molar-refractivity contribution in [2.24, 2.45) is 0 Å². The molecule has 6 nitrogen and oxygen atoms in total. The number of aromatic nitrogens is 3. The molecule has 1 unspecified atom stereocenters. The molecule has 19 heavy (non-hydrogen) atoms. The maximum absolute atomic E-state index is 12.2. The van der Waals surface area contributed by atoms with Gasteiger partial charge in [0.15, 0.2) is 0 Å². The zero-order valence-electron chi connectivity index (χ0n) is 10.9. The summed E-state index contributed by atoms with van der Waals surface area (Å²) in [6.45, 7) is 2.69. The maximum atomic E-state index is 12.2. The van der Waals surface area contributed by atoms with Crippen LogP contribution in [0.3, 0.4) is 0 Å². The lowest BCUT2D eigenvalue weighted by Gasteiger charge is -2.13. The Kier molecular flexibility index (Phi) is 3.12. The zero-order valence-corrected chi connectivity index (χ0v) is 10.9. The highest BCUT2D eigenvalue weighted by atomic mass is 16.3. The lowest BCUT2D eigenvalue weighted by Crippen LogP contribution is -2.34. The third-order valence-electron chi connectivity index (χ3n) is 3.35. The van der Waals surface area contributed by atoms with Crippen molar-refractivity contribution in [2.45, 2.75) is 38.5 Å². The minimum absolute atomic E-state index is 0.117. The van der Waals surface area contributed by atoms with Gasteiger partial charge in [0, 0.05) is 25.0 Å². The predicted octanol–water partition coefficient (Wildman–Crippen LogP) is -0.0827. The number of aryl methyl sites for hydroxylation is 1. The van der Waals surface area contributed by atoms with Gasteiger partial charge >= 0.3 is 0 Å². The van der Waals surface area contributed by atoms with Crippen molar-refractivity contribution >= 4 is 5.52 Å². The van der Waals surface area contributed by atoms with Gasteiger partial charge in [-0.2, -0.15) is 5.10 Å². The van der Waals surface area contributed by atoms with E-state index in [-0.39, 0.29) is 5.56 Å². The summed E-state index contributed by atoms with van der Waals surface area (Å²) in [6.07, 6.45) is 5.23. The summed E-state index contributed by atoms with van der Waals surface area (Å²) in [4.78, 5) is 12.2. The lowest BCUT2D eigenvalue weighted by molar-refractivity contribution is 0.150. The van der Waals surface area contributed by atoms with Crippen LogP contribution in [-0.4, -0.2) is 38.0 Å². The summed E-state index contributed by atoms with van der Waals surface area (Å²) >= 11 is 0. The van der Waals surface area contributed by atoms with Crippen LogP contribution in [-0.2, 0) is 6.54 Å². The number of nitrogens with zero attached hydrogens (tertiary/aromatic N) is 3. The van der Waals surface area contributed by atoms with Crippen LogP contribution in [0.2, 0.25) is 0 Å². The van der Waals surface area contributed by atoms with Crippen molar-refractivity contribution in [3.8, 4) is 0 Å². The molecule has 0 bridgehead atoms. The topological polar surface area (TPSA) is 71.6 Å². The lowest BCUT2D eigenvalue weighted by atomic mass is 10.3. The molecule has 0 spiro atoms. The van der Waals surface area contributed by atoms with Gasteiger partial charge in [-0.05, 0) is 25.8 Å². The number of aliphatic hydroxyl groups excluding tert-OH is 1. The molecule has 2 N–H and O–H groups in total. The molecule has 0 amide bonds. The van der Waals surface area contributed by atoms with E-state index in [0.29, 0.717) is 24.6 Å². The Morgan fingerprint density at radius 1 is 1.53 bits per heavy atom. The van der Waals surface area contributed by atoms with E-state index in [1.807, 2.05) is 6.92 Å². The molecule has 0 radical (unpaired) electrons. The quantitative estimate of drug-likeness (QED) is 0.790. The van der Waals surface area contributed by atoms with E-state index >= 15 is 0 Å². The van der Waals surface area contributed by atoms with Gasteiger partial charge in [-0.25, -0.2) is 4.52 Å². The molecule has 1 atom stereocenters. The smallest absolute Gasteiger partial charge is 0.276 e. The Bertz CT molecular complexity index is 642. The minimum Gasteiger partial charge on any atom is -0.390 e. The van der Waals surface area contributed by atoms with Gasteiger partial charge in [0.1, 0.15) is 5.52 Å². The molecule has 0 saturated heterocycles. The van der Waals surface area contributed by atoms with E-state index in [1.165, 1.54) is 17.4 Å². The van der Waals surface area contributed by atoms with Crippen molar-refractivity contribution in [2.75, 3.05) is 6.54 Å². The number of fused-ring (bicyclic) bond motifs is 1. The number of hydrogen-bond acceptors (Lipinski definition) is 4. The highest BCUT2D eigenvalue weighted by Crippen LogP contribution is 2.18. The van der Waals surface area contributed by atoms with Crippen LogP contribution in [0, 0.1) is 6.92 Å². The summed E-state index contributed by atoms with van der Waals surface area (Å²) in [5.41, 5.74) is 1.24. The van der Waals surface area contributed by atoms with E-state index in [9.17, 15) is 9.90 Å². The van der Waals surface area contributed by atoms with Crippen molar-refractivity contribution in [3.05, 3.63) is 34.5 Å². The van der Waals surface area contributed by atoms with E-state index in [0.717, 1.165) is 5.69 Å². The van der Waals surface area contributed by atoms with Crippen molar-refractivity contribution in [1.29, 1.82) is 0 Å². The second-order valence-electron chi connectivity index (χ2n) is 5.21. The average Bonchev–Trinajstić information content (AvgIpc) is 3.12. The predicted molar refractivity (Wildman–Crippen MR) is 71.2 cm³/mol. The Morgan fingerprint density at radius 3 is 3.05 bits per heavy atom. The van der Waals surface area contributed by atoms with Crippen LogP contribution in [0.25, 0.3) is 5.52 Å². The molecule has 0 aromatic carbocycles. The van der Waals surface area contributed by atoms with Crippen molar-refractivity contribution < 1.29 is 5.11 Å². The van der Waals surface area contributed by atoms with Crippen LogP contribution in [0.15, 0.2) is 23.3 Å². The first-order valence-corrected chi connectivity index (χ1v) is 6.60. The average molecular weight is 262 g/mol. The number of rotatable bonds is 5. The van der Waals surface area contributed by atoms with Gasteiger partial charge in [-0.3, -0.25) is 4.79 Å². The number of nitrogens with one attached hydrogen (secondary N) is 1. The van der Waals surface area contributed by atoms with Crippen LogP contribution in [0.5, 0.6) is 0 Å². The molecule has 0 aliphatic heterocycles. The Balaban J connectivity index is 1.76. The first-order chi connectivity index (χ1) is 9.13. The number of aliphatic hydroxyl groups is 1. The number of hydrogen-bond donors (Lipinski definition) is 2. The first kappa shape index (κ1) is 12.4. The maximum Gasteiger partial charge on any atom is 0.276 e. The van der Waals surface area contributed by atoms with Gasteiger partial charge in [0.25, 0.3) is 5.56 Å². The SMILES string of the molecule is Cc1cc2c(=O)n(CC(O)CNC3CC3)ccn2n1. The third kappa shape index (κ3) is 2.69. The molecule has 2 aromatic heterocycles. The summed E-state index contributed by atoms with van der Waals surface area (Å²) in [7, 11) is 0. The summed E-state index contributed by atoms with van der Waals surface area (Å²) in [5, 5.41) is 17.4. The van der Waals surface area contributed by atoms with E-state index < -0.39 is 6.10 Å². The molecule has 3 rings (SSSR count). The van der Waals surface area contributed by atoms with E-state index in [1.54, 1.807) is 23.0 Å². The molecular weight excluding hydrogens is 244 g/mol. The van der Waals surface area contributed by atoms with Crippen molar-refractivity contribution in [1.82, 2.24) is 19.5 Å². The van der Waals surface area contributed by atoms with Gasteiger partial charge < -0.3 is 15.0 Å². The molecular formula is C13H18N4O2. The van der Waals surface area contributed by atoms with Crippen LogP contribution in [0.4, 0.5) is 0 Å². The highest BCUT2D eigenvalue weighted by molar-refractivity contribution is 5.44. The fourth-order valence-corrected chi connectivity index (χ4v) is 2.17. The van der Waals surface area contributed by atoms with E-state index in [4.69, 9.17) is 0 Å². The first-order valence-electron chi connectivity index (χ1n) is 6.60. The molecule has 1 fully saturated rings. The minimum atomic E-state index is -0.551. The van der Waals surface area contributed by atoms with Crippen molar-refractivity contribution in [3.63, 3.8) is 0 Å². The van der Waals surface area contributed by atoms with Crippen LogP contribution in [0.1, 0.15) is 18.5 Å². The molecule has 1 aliphatic rings. The standard InChI is InChI=1S/C13H18N4O2/c1-9-6-12-13(19)16(4-5-17(12)15-9)8-11(18)7-14-10-2-3-10/h4-6,10-11,14,18H,2-3,7-8H2,1H3. The second-order valence-corrected chi connectivity index (χ2v) is 5.21. The van der Waals surface area contributed by atoms with Gasteiger partial charge in [0.2, 0.25) is 0 Å². The fraction of sp³-hybridized carbons (Fsp3) is 0.538. The zero-order chi connectivity index (χ0) is 13.4. The van der Waals surface area contributed by atoms with E-state index in [2.05, 4.69) is 10.4 Å². The highest BCUT2D eigenvalue weighted by Gasteiger charge is 2.21. The van der Waals surface area contributed by atoms with Gasteiger partial charge in [-0.15, -0.1) is 0 Å². The van der Waals surface area contributed by atoms with Gasteiger partial charge in [0.05, 0.1) is 18.3 Å². The molecule has 1 aliphatic carbocycles. The van der Waals surface area contributed by atoms with Crippen LogP contribution < -0.4 is 10.9 Å². The Labute approximate surface area is 110 Å². The normalized spacial score (nSPS) is 16.9. The monoisotopic (exact) mass is 262 g/mol. The Hall–Kier alpha value is -1.66. The fourth-order valence-electron chi connectivity index (χ4n) is 2.17.